The first-order chi connectivity index (χ1) is 10.0. The van der Waals surface area contributed by atoms with Gasteiger partial charge in [0.05, 0.1) is 22.3 Å². The highest BCUT2D eigenvalue weighted by Crippen LogP contribution is 2.26. The number of benzene rings is 1. The molecule has 2 N–H and O–H groups in total. The molecule has 1 aromatic rings. The highest BCUT2D eigenvalue weighted by molar-refractivity contribution is 5.94. The van der Waals surface area contributed by atoms with Crippen LogP contribution in [0.25, 0.3) is 0 Å². The van der Waals surface area contributed by atoms with E-state index in [0.717, 1.165) is 12.8 Å². The van der Waals surface area contributed by atoms with Crippen LogP contribution in [0, 0.1) is 16.0 Å². The number of rotatable bonds is 6. The molecule has 0 spiro atoms. The van der Waals surface area contributed by atoms with Gasteiger partial charge in [0, 0.05) is 31.2 Å². The van der Waals surface area contributed by atoms with Gasteiger partial charge in [0.1, 0.15) is 0 Å². The number of nitro benzene ring substituents is 1. The van der Waals surface area contributed by atoms with Crippen LogP contribution in [0.1, 0.15) is 30.1 Å². The molecule has 0 aromatic heterocycles. The maximum atomic E-state index is 11.2. The summed E-state index contributed by atoms with van der Waals surface area (Å²) in [6.07, 6.45) is 1.96. The van der Waals surface area contributed by atoms with E-state index < -0.39 is 10.9 Å². The second-order valence-electron chi connectivity index (χ2n) is 5.04. The summed E-state index contributed by atoms with van der Waals surface area (Å²) < 4.78 is 5.58. The van der Waals surface area contributed by atoms with Crippen LogP contribution in [0.3, 0.4) is 0 Å². The lowest BCUT2D eigenvalue weighted by Gasteiger charge is -2.18. The number of carboxylic acid groups (broad SMARTS) is 1. The van der Waals surface area contributed by atoms with Crippen LogP contribution in [-0.2, 0) is 4.74 Å². The fourth-order valence-electron chi connectivity index (χ4n) is 2.60. The number of non-ortho nitro benzene ring substituents is 1. The first kappa shape index (κ1) is 15.2. The zero-order valence-corrected chi connectivity index (χ0v) is 11.7. The van der Waals surface area contributed by atoms with Gasteiger partial charge >= 0.3 is 5.97 Å². The Labute approximate surface area is 122 Å². The number of nitrogens with zero attached hydrogens (tertiary/aromatic N) is 1. The van der Waals surface area contributed by atoms with E-state index in [1.807, 2.05) is 6.92 Å². The predicted octanol–water partition coefficient (Wildman–Crippen LogP) is 2.52. The van der Waals surface area contributed by atoms with Crippen molar-refractivity contribution in [2.75, 3.05) is 18.5 Å². The van der Waals surface area contributed by atoms with Gasteiger partial charge in [-0.3, -0.25) is 10.1 Å². The molecular formula is C14H18N2O5. The monoisotopic (exact) mass is 294 g/mol. The quantitative estimate of drug-likeness (QED) is 0.617. The summed E-state index contributed by atoms with van der Waals surface area (Å²) >= 11 is 0. The molecule has 1 fully saturated rings. The molecule has 7 heteroatoms. The molecule has 1 aliphatic rings. The molecule has 21 heavy (non-hydrogen) atoms. The third-order valence-corrected chi connectivity index (χ3v) is 3.75. The predicted molar refractivity (Wildman–Crippen MR) is 76.7 cm³/mol. The highest BCUT2D eigenvalue weighted by Gasteiger charge is 2.27. The maximum Gasteiger partial charge on any atom is 0.337 e. The minimum Gasteiger partial charge on any atom is -0.478 e. The molecule has 0 radical (unpaired) electrons. The number of carboxylic acids is 1. The van der Waals surface area contributed by atoms with Gasteiger partial charge in [-0.05, 0) is 18.9 Å². The smallest absolute Gasteiger partial charge is 0.337 e. The van der Waals surface area contributed by atoms with E-state index in [2.05, 4.69) is 5.32 Å². The molecule has 1 aromatic carbocycles. The van der Waals surface area contributed by atoms with Gasteiger partial charge in [-0.25, -0.2) is 4.79 Å². The summed E-state index contributed by atoms with van der Waals surface area (Å²) in [5.74, 6) is -0.821. The third-order valence-electron chi connectivity index (χ3n) is 3.75. The van der Waals surface area contributed by atoms with Gasteiger partial charge in [0.15, 0.2) is 0 Å². The topological polar surface area (TPSA) is 102 Å². The van der Waals surface area contributed by atoms with E-state index >= 15 is 0 Å². The van der Waals surface area contributed by atoms with Crippen molar-refractivity contribution < 1.29 is 19.6 Å². The molecule has 2 atom stereocenters. The van der Waals surface area contributed by atoms with Crippen LogP contribution in [0.5, 0.6) is 0 Å². The van der Waals surface area contributed by atoms with Crippen molar-refractivity contribution in [2.45, 2.75) is 25.9 Å². The van der Waals surface area contributed by atoms with E-state index in [9.17, 15) is 14.9 Å². The number of nitro groups is 1. The summed E-state index contributed by atoms with van der Waals surface area (Å²) in [7, 11) is 0. The van der Waals surface area contributed by atoms with E-state index in [-0.39, 0.29) is 29.0 Å². The van der Waals surface area contributed by atoms with Gasteiger partial charge in [0.25, 0.3) is 5.69 Å². The molecule has 2 unspecified atom stereocenters. The van der Waals surface area contributed by atoms with E-state index in [4.69, 9.17) is 9.84 Å². The Morgan fingerprint density at radius 1 is 1.57 bits per heavy atom. The zero-order valence-electron chi connectivity index (χ0n) is 11.7. The number of hydrogen-bond donors (Lipinski definition) is 2. The normalized spacial score (nSPS) is 21.2. The zero-order chi connectivity index (χ0) is 15.4. The Bertz CT molecular complexity index is 546. The van der Waals surface area contributed by atoms with Crippen LogP contribution in [-0.4, -0.2) is 35.3 Å². The third kappa shape index (κ3) is 3.49. The van der Waals surface area contributed by atoms with Gasteiger partial charge in [-0.2, -0.15) is 0 Å². The molecule has 0 saturated carbocycles. The SMILES string of the molecule is CCC1OCCC1CNc1cc([N+](=O)[O-])ccc1C(=O)O. The lowest BCUT2D eigenvalue weighted by Crippen LogP contribution is -2.23. The van der Waals surface area contributed by atoms with E-state index in [1.165, 1.54) is 18.2 Å². The number of nitrogens with one attached hydrogen (secondary N) is 1. The second-order valence-corrected chi connectivity index (χ2v) is 5.04. The minimum atomic E-state index is -1.11. The number of carbonyl (C=O) groups is 1. The van der Waals surface area contributed by atoms with Crippen molar-refractivity contribution >= 4 is 17.3 Å². The molecule has 7 nitrogen and oxygen atoms in total. The Kier molecular flexibility index (Phi) is 4.74. The van der Waals surface area contributed by atoms with Gasteiger partial charge in [-0.1, -0.05) is 6.92 Å². The average molecular weight is 294 g/mol. The first-order valence-electron chi connectivity index (χ1n) is 6.90. The lowest BCUT2D eigenvalue weighted by molar-refractivity contribution is -0.384. The number of ether oxygens (including phenoxy) is 1. The second kappa shape index (κ2) is 6.53. The van der Waals surface area contributed by atoms with Crippen molar-refractivity contribution in [1.82, 2.24) is 0 Å². The largest absolute Gasteiger partial charge is 0.478 e. The van der Waals surface area contributed by atoms with Crippen LogP contribution in [0.15, 0.2) is 18.2 Å². The van der Waals surface area contributed by atoms with Crippen molar-refractivity contribution in [1.29, 1.82) is 0 Å². The Morgan fingerprint density at radius 2 is 2.33 bits per heavy atom. The fourth-order valence-corrected chi connectivity index (χ4v) is 2.60. The molecule has 114 valence electrons. The van der Waals surface area contributed by atoms with Gasteiger partial charge in [0.2, 0.25) is 0 Å². The summed E-state index contributed by atoms with van der Waals surface area (Å²) in [5, 5.41) is 23.0. The molecular weight excluding hydrogens is 276 g/mol. The van der Waals surface area contributed by atoms with Crippen molar-refractivity contribution in [2.24, 2.45) is 5.92 Å². The number of hydrogen-bond acceptors (Lipinski definition) is 5. The standard InChI is InChI=1S/C14H18N2O5/c1-2-13-9(5-6-21-13)8-15-12-7-10(16(19)20)3-4-11(12)14(17)18/h3-4,7,9,13,15H,2,5-6,8H2,1H3,(H,17,18). The van der Waals surface area contributed by atoms with Crippen LogP contribution in [0.4, 0.5) is 11.4 Å². The Balaban J connectivity index is 2.15. The summed E-state index contributed by atoms with van der Waals surface area (Å²) in [6, 6.07) is 3.72. The van der Waals surface area contributed by atoms with Crippen LogP contribution >= 0.6 is 0 Å². The van der Waals surface area contributed by atoms with E-state index in [0.29, 0.717) is 13.2 Å². The van der Waals surface area contributed by atoms with Crippen molar-refractivity contribution in [3.05, 3.63) is 33.9 Å². The summed E-state index contributed by atoms with van der Waals surface area (Å²) in [5.41, 5.74) is 0.184. The summed E-state index contributed by atoms with van der Waals surface area (Å²) in [4.78, 5) is 21.5. The van der Waals surface area contributed by atoms with Crippen LogP contribution in [0.2, 0.25) is 0 Å². The molecule has 0 aliphatic carbocycles. The average Bonchev–Trinajstić information content (AvgIpc) is 2.91. The number of anilines is 1. The Hall–Kier alpha value is -2.15. The first-order valence-corrected chi connectivity index (χ1v) is 6.90. The maximum absolute atomic E-state index is 11.2. The van der Waals surface area contributed by atoms with Crippen LogP contribution < -0.4 is 5.32 Å². The molecule has 0 amide bonds. The van der Waals surface area contributed by atoms with E-state index in [1.54, 1.807) is 0 Å². The van der Waals surface area contributed by atoms with Gasteiger partial charge < -0.3 is 15.2 Å². The molecule has 1 saturated heterocycles. The molecule has 2 rings (SSSR count). The summed E-state index contributed by atoms with van der Waals surface area (Å²) in [6.45, 7) is 3.28. The van der Waals surface area contributed by atoms with Gasteiger partial charge in [-0.15, -0.1) is 0 Å². The van der Waals surface area contributed by atoms with Crippen molar-refractivity contribution in [3.63, 3.8) is 0 Å². The molecule has 1 heterocycles. The number of aromatic carboxylic acids is 1. The Morgan fingerprint density at radius 3 is 2.95 bits per heavy atom. The molecule has 1 aliphatic heterocycles. The minimum absolute atomic E-state index is 0.0348. The van der Waals surface area contributed by atoms with Crippen molar-refractivity contribution in [3.8, 4) is 0 Å². The lowest BCUT2D eigenvalue weighted by atomic mass is 9.99. The fraction of sp³-hybridized carbons (Fsp3) is 0.500. The molecule has 0 bridgehead atoms. The highest BCUT2D eigenvalue weighted by atomic mass is 16.6.